The lowest BCUT2D eigenvalue weighted by Gasteiger charge is -2.06. The molecule has 26 heavy (non-hydrogen) atoms. The molecule has 3 N–H and O–H groups in total. The van der Waals surface area contributed by atoms with E-state index in [4.69, 9.17) is 15.6 Å². The van der Waals surface area contributed by atoms with E-state index in [2.05, 4.69) is 37.6 Å². The fourth-order valence-corrected chi connectivity index (χ4v) is 1.74. The summed E-state index contributed by atoms with van der Waals surface area (Å²) in [4.78, 5) is 12.6. The zero-order valence-electron chi connectivity index (χ0n) is 16.5. The first-order valence-corrected chi connectivity index (χ1v) is 8.63. The monoisotopic (exact) mass is 356 g/mol. The SMILES string of the molecule is C=C\C=C/C(/C=C/N=C(N)c1ccc(C(C)C)cc1)=C\C.CC.O=CO. The molecule has 0 bridgehead atoms. The average Bonchev–Trinajstić information content (AvgIpc) is 2.66. The van der Waals surface area contributed by atoms with Crippen LogP contribution >= 0.6 is 0 Å². The third kappa shape index (κ3) is 11.6. The summed E-state index contributed by atoms with van der Waals surface area (Å²) >= 11 is 0. The predicted molar refractivity (Wildman–Crippen MR) is 114 cm³/mol. The van der Waals surface area contributed by atoms with Gasteiger partial charge < -0.3 is 10.8 Å². The summed E-state index contributed by atoms with van der Waals surface area (Å²) in [5.41, 5.74) is 9.29. The van der Waals surface area contributed by atoms with Gasteiger partial charge in [0.05, 0.1) is 0 Å². The van der Waals surface area contributed by atoms with Crippen LogP contribution in [-0.2, 0) is 4.79 Å². The van der Waals surface area contributed by atoms with Gasteiger partial charge in [-0.05, 0) is 30.1 Å². The van der Waals surface area contributed by atoms with Gasteiger partial charge in [-0.3, -0.25) is 4.79 Å². The minimum Gasteiger partial charge on any atom is -0.483 e. The number of hydrogen-bond donors (Lipinski definition) is 2. The van der Waals surface area contributed by atoms with E-state index in [1.165, 1.54) is 5.56 Å². The summed E-state index contributed by atoms with van der Waals surface area (Å²) in [7, 11) is 0. The molecule has 0 aliphatic carbocycles. The van der Waals surface area contributed by atoms with E-state index in [1.54, 1.807) is 12.3 Å². The fourth-order valence-electron chi connectivity index (χ4n) is 1.74. The standard InChI is InChI=1S/C19H24N2.C2H6.CH2O2/c1-5-7-8-16(6-2)13-14-21-19(20)18-11-9-17(10-12-18)15(3)4;1-2;2-1-3/h5-15H,1H2,2-4H3,(H2,20,21);1-2H3;1H,(H,2,3)/b8-7-,14-13+,16-6+;;. The quantitative estimate of drug-likeness (QED) is 0.308. The Bertz CT molecular complexity index is 622. The summed E-state index contributed by atoms with van der Waals surface area (Å²) in [6.45, 7) is 13.7. The Hall–Kier alpha value is -2.88. The molecule has 0 spiro atoms. The largest absolute Gasteiger partial charge is 0.483 e. The summed E-state index contributed by atoms with van der Waals surface area (Å²) in [5, 5.41) is 6.89. The molecule has 142 valence electrons. The van der Waals surface area contributed by atoms with Crippen LogP contribution < -0.4 is 5.73 Å². The maximum absolute atomic E-state index is 8.36. The first-order valence-electron chi connectivity index (χ1n) is 8.63. The third-order valence-electron chi connectivity index (χ3n) is 3.11. The maximum atomic E-state index is 8.36. The van der Waals surface area contributed by atoms with Gasteiger partial charge in [-0.15, -0.1) is 0 Å². The third-order valence-corrected chi connectivity index (χ3v) is 3.11. The van der Waals surface area contributed by atoms with E-state index in [9.17, 15) is 0 Å². The summed E-state index contributed by atoms with van der Waals surface area (Å²) in [6, 6.07) is 8.21. The van der Waals surface area contributed by atoms with Crippen molar-refractivity contribution in [3.05, 3.63) is 84.1 Å². The number of aliphatic imine (C=N–C) groups is 1. The number of amidine groups is 1. The van der Waals surface area contributed by atoms with Crippen LogP contribution in [0.1, 0.15) is 51.7 Å². The molecule has 0 amide bonds. The Morgan fingerprint density at radius 2 is 1.73 bits per heavy atom. The molecule has 0 aliphatic heterocycles. The molecule has 0 atom stereocenters. The van der Waals surface area contributed by atoms with Crippen molar-refractivity contribution in [1.29, 1.82) is 0 Å². The molecule has 0 aliphatic rings. The van der Waals surface area contributed by atoms with Crippen molar-refractivity contribution in [2.45, 2.75) is 40.5 Å². The lowest BCUT2D eigenvalue weighted by molar-refractivity contribution is -0.122. The van der Waals surface area contributed by atoms with Crippen molar-refractivity contribution in [2.75, 3.05) is 0 Å². The van der Waals surface area contributed by atoms with Gasteiger partial charge in [0.2, 0.25) is 0 Å². The van der Waals surface area contributed by atoms with Crippen LogP contribution in [0.4, 0.5) is 0 Å². The van der Waals surface area contributed by atoms with Crippen LogP contribution in [0.5, 0.6) is 0 Å². The maximum Gasteiger partial charge on any atom is 0.290 e. The van der Waals surface area contributed by atoms with E-state index in [0.29, 0.717) is 11.8 Å². The molecular weight excluding hydrogens is 324 g/mol. The lowest BCUT2D eigenvalue weighted by Crippen LogP contribution is -2.12. The number of nitrogens with zero attached hydrogens (tertiary/aromatic N) is 1. The second-order valence-corrected chi connectivity index (χ2v) is 5.10. The number of rotatable bonds is 6. The number of carboxylic acid groups (broad SMARTS) is 1. The first kappa shape index (κ1) is 25.4. The highest BCUT2D eigenvalue weighted by Crippen LogP contribution is 2.14. The zero-order valence-corrected chi connectivity index (χ0v) is 16.5. The van der Waals surface area contributed by atoms with Crippen LogP contribution in [0.3, 0.4) is 0 Å². The second-order valence-electron chi connectivity index (χ2n) is 5.10. The van der Waals surface area contributed by atoms with Gasteiger partial charge in [0.15, 0.2) is 0 Å². The smallest absolute Gasteiger partial charge is 0.290 e. The molecule has 1 aromatic rings. The second kappa shape index (κ2) is 17.0. The van der Waals surface area contributed by atoms with Crippen molar-refractivity contribution in [3.63, 3.8) is 0 Å². The molecule has 4 nitrogen and oxygen atoms in total. The van der Waals surface area contributed by atoms with Gasteiger partial charge in [-0.1, -0.05) is 82.8 Å². The summed E-state index contributed by atoms with van der Waals surface area (Å²) < 4.78 is 0. The van der Waals surface area contributed by atoms with Crippen LogP contribution in [0.2, 0.25) is 0 Å². The Labute approximate surface area is 158 Å². The van der Waals surface area contributed by atoms with Gasteiger partial charge in [0.1, 0.15) is 5.84 Å². The van der Waals surface area contributed by atoms with Crippen LogP contribution in [0.25, 0.3) is 0 Å². The highest BCUT2D eigenvalue weighted by atomic mass is 16.3. The Kier molecular flexibility index (Phi) is 16.5. The summed E-state index contributed by atoms with van der Waals surface area (Å²) in [6.07, 6.45) is 11.2. The normalized spacial score (nSPS) is 11.6. The van der Waals surface area contributed by atoms with Crippen LogP contribution in [0, 0.1) is 0 Å². The molecule has 0 radical (unpaired) electrons. The van der Waals surface area contributed by atoms with Gasteiger partial charge in [-0.2, -0.15) is 0 Å². The van der Waals surface area contributed by atoms with Crippen molar-refractivity contribution in [2.24, 2.45) is 10.7 Å². The minimum atomic E-state index is -0.250. The molecule has 0 heterocycles. The van der Waals surface area contributed by atoms with E-state index < -0.39 is 0 Å². The molecule has 1 aromatic carbocycles. The average molecular weight is 357 g/mol. The van der Waals surface area contributed by atoms with E-state index in [1.807, 2.05) is 57.2 Å². The van der Waals surface area contributed by atoms with Crippen molar-refractivity contribution < 1.29 is 9.90 Å². The Morgan fingerprint density at radius 3 is 2.15 bits per heavy atom. The summed E-state index contributed by atoms with van der Waals surface area (Å²) in [5.74, 6) is 1.04. The topological polar surface area (TPSA) is 75.7 Å². The number of allylic oxidation sites excluding steroid dienone is 6. The molecule has 0 fully saturated rings. The minimum absolute atomic E-state index is 0.250. The molecule has 0 aromatic heterocycles. The zero-order chi connectivity index (χ0) is 20.4. The van der Waals surface area contributed by atoms with Crippen molar-refractivity contribution >= 4 is 12.3 Å². The van der Waals surface area contributed by atoms with Gasteiger partial charge in [0, 0.05) is 11.8 Å². The van der Waals surface area contributed by atoms with Gasteiger partial charge in [0.25, 0.3) is 6.47 Å². The van der Waals surface area contributed by atoms with Crippen molar-refractivity contribution in [3.8, 4) is 0 Å². The highest BCUT2D eigenvalue weighted by molar-refractivity contribution is 5.97. The number of hydrogen-bond acceptors (Lipinski definition) is 2. The molecule has 0 saturated carbocycles. The van der Waals surface area contributed by atoms with Crippen LogP contribution in [0.15, 0.2) is 78.0 Å². The first-order chi connectivity index (χ1) is 12.5. The fraction of sp³-hybridized carbons (Fsp3) is 0.273. The molecule has 0 unspecified atom stereocenters. The number of carbonyl (C=O) groups is 1. The molecule has 1 rings (SSSR count). The van der Waals surface area contributed by atoms with E-state index in [0.717, 1.165) is 11.1 Å². The predicted octanol–water partition coefficient (Wildman–Crippen LogP) is 5.44. The van der Waals surface area contributed by atoms with Crippen molar-refractivity contribution in [1.82, 2.24) is 0 Å². The van der Waals surface area contributed by atoms with E-state index >= 15 is 0 Å². The highest BCUT2D eigenvalue weighted by Gasteiger charge is 2.00. The Balaban J connectivity index is 0. The molecule has 0 saturated heterocycles. The Morgan fingerprint density at radius 1 is 1.19 bits per heavy atom. The molecular formula is C22H32N2O2. The van der Waals surface area contributed by atoms with Crippen LogP contribution in [-0.4, -0.2) is 17.4 Å². The van der Waals surface area contributed by atoms with Gasteiger partial charge in [-0.25, -0.2) is 4.99 Å². The number of benzene rings is 1. The molecule has 4 heteroatoms. The van der Waals surface area contributed by atoms with E-state index in [-0.39, 0.29) is 6.47 Å². The lowest BCUT2D eigenvalue weighted by atomic mass is 10.0. The number of nitrogens with two attached hydrogens (primary N) is 1. The van der Waals surface area contributed by atoms with Gasteiger partial charge >= 0.3 is 0 Å².